The number of pyridine rings is 2. The van der Waals surface area contributed by atoms with E-state index in [0.717, 1.165) is 27.6 Å². The summed E-state index contributed by atoms with van der Waals surface area (Å²) < 4.78 is 30.4. The van der Waals surface area contributed by atoms with E-state index in [4.69, 9.17) is 19.6 Å². The van der Waals surface area contributed by atoms with E-state index in [2.05, 4.69) is 20.6 Å². The van der Waals surface area contributed by atoms with Crippen LogP contribution in [0.25, 0.3) is 10.9 Å². The van der Waals surface area contributed by atoms with Gasteiger partial charge in [0.1, 0.15) is 11.6 Å². The third-order valence-corrected chi connectivity index (χ3v) is 6.05. The molecule has 206 valence electrons. The van der Waals surface area contributed by atoms with Crippen molar-refractivity contribution in [3.8, 4) is 11.5 Å². The topological polar surface area (TPSA) is 118 Å². The van der Waals surface area contributed by atoms with Crippen LogP contribution in [0, 0.1) is 18.2 Å². The highest BCUT2D eigenvalue weighted by molar-refractivity contribution is 6.47. The molecule has 0 spiro atoms. The number of hydrogen-bond donors (Lipinski definition) is 3. The first-order valence-corrected chi connectivity index (χ1v) is 12.5. The lowest BCUT2D eigenvalue weighted by atomic mass is 10.0. The highest BCUT2D eigenvalue weighted by atomic mass is 19.1. The van der Waals surface area contributed by atoms with Crippen molar-refractivity contribution >= 4 is 34.0 Å². The lowest BCUT2D eigenvalue weighted by Gasteiger charge is -2.12. The number of aryl methyl sites for hydroxylation is 1. The maximum Gasteiger partial charge on any atom is 0.278 e. The molecule has 0 atom stereocenters. The smallest absolute Gasteiger partial charge is 0.278 e. The van der Waals surface area contributed by atoms with Gasteiger partial charge in [-0.1, -0.05) is 12.1 Å². The summed E-state index contributed by atoms with van der Waals surface area (Å²) in [5.41, 5.74) is 3.26. The maximum atomic E-state index is 14.2. The molecule has 0 radical (unpaired) electrons. The van der Waals surface area contributed by atoms with Gasteiger partial charge in [-0.15, -0.1) is 0 Å². The Kier molecular flexibility index (Phi) is 8.90. The second-order valence-corrected chi connectivity index (χ2v) is 8.82. The third kappa shape index (κ3) is 6.52. The van der Waals surface area contributed by atoms with Gasteiger partial charge in [-0.25, -0.2) is 9.37 Å². The van der Waals surface area contributed by atoms with E-state index < -0.39 is 17.4 Å². The van der Waals surface area contributed by atoms with Crippen molar-refractivity contribution in [2.45, 2.75) is 20.3 Å². The zero-order valence-corrected chi connectivity index (χ0v) is 22.7. The molecule has 4 rings (SSSR count). The van der Waals surface area contributed by atoms with E-state index in [1.807, 2.05) is 24.3 Å². The number of halogens is 1. The van der Waals surface area contributed by atoms with Crippen molar-refractivity contribution < 1.29 is 23.4 Å². The van der Waals surface area contributed by atoms with Crippen LogP contribution < -0.4 is 20.1 Å². The predicted octanol–water partition coefficient (Wildman–Crippen LogP) is 5.63. The number of ether oxygens (including phenoxy) is 3. The molecular formula is C30H30FN5O4. The third-order valence-electron chi connectivity index (χ3n) is 6.05. The molecule has 0 fully saturated rings. The summed E-state index contributed by atoms with van der Waals surface area (Å²) >= 11 is 0. The van der Waals surface area contributed by atoms with E-state index in [1.165, 1.54) is 12.3 Å². The predicted molar refractivity (Wildman–Crippen MR) is 153 cm³/mol. The molecule has 2 heterocycles. The Morgan fingerprint density at radius 2 is 1.82 bits per heavy atom. The molecule has 0 saturated heterocycles. The summed E-state index contributed by atoms with van der Waals surface area (Å²) in [4.78, 5) is 21.5. The zero-order valence-electron chi connectivity index (χ0n) is 22.7. The van der Waals surface area contributed by atoms with Gasteiger partial charge in [0.15, 0.2) is 23.0 Å². The monoisotopic (exact) mass is 543 g/mol. The van der Waals surface area contributed by atoms with Crippen LogP contribution in [-0.4, -0.2) is 42.4 Å². The van der Waals surface area contributed by atoms with Crippen LogP contribution in [0.5, 0.6) is 11.5 Å². The van der Waals surface area contributed by atoms with Crippen LogP contribution in [0.1, 0.15) is 23.6 Å². The van der Waals surface area contributed by atoms with Gasteiger partial charge in [-0.2, -0.15) is 0 Å². The summed E-state index contributed by atoms with van der Waals surface area (Å²) in [5.74, 6) is 0.291. The number of hydrogen-bond acceptors (Lipinski definition) is 8. The quantitative estimate of drug-likeness (QED) is 0.166. The lowest BCUT2D eigenvalue weighted by Crippen LogP contribution is -2.26. The van der Waals surface area contributed by atoms with Gasteiger partial charge >= 0.3 is 0 Å². The number of methoxy groups -OCH3 is 2. The zero-order chi connectivity index (χ0) is 28.6. The van der Waals surface area contributed by atoms with Gasteiger partial charge in [0, 0.05) is 30.0 Å². The van der Waals surface area contributed by atoms with Crippen LogP contribution in [0.3, 0.4) is 0 Å². The molecule has 4 aromatic rings. The minimum atomic E-state index is -0.715. The molecule has 40 heavy (non-hydrogen) atoms. The van der Waals surface area contributed by atoms with E-state index >= 15 is 0 Å². The van der Waals surface area contributed by atoms with Gasteiger partial charge in [0.05, 0.1) is 32.0 Å². The SMILES string of the molecule is CCO/C(=C/Nc1ccc(C)cc1F)C(=N)C(=O)Nc1ccc(Cc2ccnc3cc(OC)c(OC)cc23)cn1. The van der Waals surface area contributed by atoms with E-state index in [0.29, 0.717) is 17.9 Å². The van der Waals surface area contributed by atoms with Crippen LogP contribution in [-0.2, 0) is 16.0 Å². The summed E-state index contributed by atoms with van der Waals surface area (Å²) in [6, 6.07) is 13.9. The molecule has 0 saturated carbocycles. The molecule has 9 nitrogen and oxygen atoms in total. The first kappa shape index (κ1) is 28.0. The van der Waals surface area contributed by atoms with Crippen LogP contribution in [0.15, 0.2) is 72.9 Å². The molecule has 0 aliphatic carbocycles. The summed E-state index contributed by atoms with van der Waals surface area (Å²) in [7, 11) is 3.17. The van der Waals surface area contributed by atoms with Crippen LogP contribution >= 0.6 is 0 Å². The number of carbonyl (C=O) groups is 1. The maximum absolute atomic E-state index is 14.2. The molecule has 3 N–H and O–H groups in total. The van der Waals surface area contributed by atoms with Gasteiger partial charge < -0.3 is 24.8 Å². The Balaban J connectivity index is 1.45. The Labute approximate surface area is 231 Å². The number of carbonyl (C=O) groups excluding carboxylic acids is 1. The van der Waals surface area contributed by atoms with Crippen molar-refractivity contribution in [1.29, 1.82) is 5.41 Å². The van der Waals surface area contributed by atoms with Gasteiger partial charge in [-0.3, -0.25) is 15.2 Å². The minimum absolute atomic E-state index is 0.0341. The molecule has 2 aromatic heterocycles. The van der Waals surface area contributed by atoms with E-state index in [-0.39, 0.29) is 23.9 Å². The van der Waals surface area contributed by atoms with E-state index in [1.54, 1.807) is 58.7 Å². The fourth-order valence-electron chi connectivity index (χ4n) is 4.02. The number of aromatic nitrogens is 2. The molecule has 10 heteroatoms. The van der Waals surface area contributed by atoms with Gasteiger partial charge in [-0.05, 0) is 67.3 Å². The lowest BCUT2D eigenvalue weighted by molar-refractivity contribution is -0.110. The van der Waals surface area contributed by atoms with Crippen LogP contribution in [0.4, 0.5) is 15.9 Å². The van der Waals surface area contributed by atoms with Crippen molar-refractivity contribution in [2.75, 3.05) is 31.5 Å². The molecule has 2 aromatic carbocycles. The number of fused-ring (bicyclic) bond motifs is 1. The summed E-state index contributed by atoms with van der Waals surface area (Å²) in [6.45, 7) is 3.73. The Morgan fingerprint density at radius 1 is 1.05 bits per heavy atom. The van der Waals surface area contributed by atoms with Gasteiger partial charge in [0.25, 0.3) is 5.91 Å². The Hall–Kier alpha value is -4.99. The minimum Gasteiger partial charge on any atom is -0.493 e. The van der Waals surface area contributed by atoms with Crippen LogP contribution in [0.2, 0.25) is 0 Å². The number of amides is 1. The van der Waals surface area contributed by atoms with E-state index in [9.17, 15) is 9.18 Å². The van der Waals surface area contributed by atoms with Crippen molar-refractivity contribution in [1.82, 2.24) is 9.97 Å². The highest BCUT2D eigenvalue weighted by Crippen LogP contribution is 2.33. The standard InChI is InChI=1S/C30H30FN5O4/c1-5-40-27(17-34-23-8-6-18(2)12-22(23)31)29(32)30(37)36-28-9-7-19(16-35-28)13-20-10-11-33-24-15-26(39-4)25(38-3)14-21(20)24/h6-12,14-17,32,34H,5,13H2,1-4H3,(H,35,36,37)/b27-17+,32-29?. The average Bonchev–Trinajstić information content (AvgIpc) is 2.96. The largest absolute Gasteiger partial charge is 0.493 e. The first-order chi connectivity index (χ1) is 19.3. The van der Waals surface area contributed by atoms with Crippen molar-refractivity contribution in [3.63, 3.8) is 0 Å². The fraction of sp³-hybridized carbons (Fsp3) is 0.200. The van der Waals surface area contributed by atoms with Gasteiger partial charge in [0.2, 0.25) is 0 Å². The molecule has 0 bridgehead atoms. The number of benzene rings is 2. The average molecular weight is 544 g/mol. The molecule has 1 amide bonds. The van der Waals surface area contributed by atoms with Crippen molar-refractivity contribution in [3.05, 3.63) is 95.4 Å². The number of nitrogens with zero attached hydrogens (tertiary/aromatic N) is 2. The summed E-state index contributed by atoms with van der Waals surface area (Å²) in [5, 5.41) is 14.6. The fourth-order valence-corrected chi connectivity index (χ4v) is 4.02. The Morgan fingerprint density at radius 3 is 2.50 bits per heavy atom. The highest BCUT2D eigenvalue weighted by Gasteiger charge is 2.17. The molecule has 0 unspecified atom stereocenters. The number of rotatable bonds is 11. The summed E-state index contributed by atoms with van der Waals surface area (Å²) in [6.07, 6.45) is 5.26. The Bertz CT molecular complexity index is 1570. The van der Waals surface area contributed by atoms with Crippen molar-refractivity contribution in [2.24, 2.45) is 0 Å². The number of nitrogens with one attached hydrogen (secondary N) is 3. The second kappa shape index (κ2) is 12.7. The number of anilines is 2. The molecule has 0 aliphatic heterocycles. The molecular weight excluding hydrogens is 513 g/mol. The first-order valence-electron chi connectivity index (χ1n) is 12.5. The normalized spacial score (nSPS) is 11.2. The molecule has 0 aliphatic rings. The second-order valence-electron chi connectivity index (χ2n) is 8.82.